The zero-order valence-corrected chi connectivity index (χ0v) is 10.3. The second kappa shape index (κ2) is 4.57. The Balaban J connectivity index is 2.15. The second-order valence-electron chi connectivity index (χ2n) is 4.22. The number of rotatable bonds is 3. The molecule has 0 bridgehead atoms. The number of likely N-dealkylation sites (tertiary alicyclic amines) is 1. The van der Waals surface area contributed by atoms with E-state index in [-0.39, 0.29) is 11.9 Å². The fourth-order valence-corrected chi connectivity index (χ4v) is 1.83. The third-order valence-electron chi connectivity index (χ3n) is 2.93. The van der Waals surface area contributed by atoms with Gasteiger partial charge in [0.1, 0.15) is 11.9 Å². The minimum Gasteiger partial charge on any atom is -0.358 e. The Labute approximate surface area is 100 Å². The van der Waals surface area contributed by atoms with Crippen molar-refractivity contribution < 1.29 is 4.79 Å². The quantitative estimate of drug-likeness (QED) is 0.797. The largest absolute Gasteiger partial charge is 0.358 e. The van der Waals surface area contributed by atoms with E-state index in [9.17, 15) is 4.79 Å². The minimum absolute atomic E-state index is 0.119. The molecule has 1 fully saturated rings. The van der Waals surface area contributed by atoms with Crippen LogP contribution in [0.1, 0.15) is 12.0 Å². The van der Waals surface area contributed by atoms with E-state index in [4.69, 9.17) is 0 Å². The number of hydrogen-bond donors (Lipinski definition) is 2. The van der Waals surface area contributed by atoms with E-state index in [1.54, 1.807) is 18.1 Å². The molecule has 1 unspecified atom stereocenters. The molecule has 1 aromatic heterocycles. The zero-order chi connectivity index (χ0) is 12.4. The molecule has 1 aliphatic heterocycles. The molecule has 0 saturated carbocycles. The van der Waals surface area contributed by atoms with Crippen LogP contribution in [0.4, 0.5) is 11.8 Å². The topological polar surface area (TPSA) is 70.2 Å². The van der Waals surface area contributed by atoms with Crippen molar-refractivity contribution in [2.75, 3.05) is 31.3 Å². The van der Waals surface area contributed by atoms with Crippen LogP contribution in [0, 0.1) is 6.92 Å². The number of nitrogens with zero attached hydrogens (tertiary/aromatic N) is 3. The van der Waals surface area contributed by atoms with Gasteiger partial charge in [0.05, 0.1) is 0 Å². The van der Waals surface area contributed by atoms with Gasteiger partial charge in [0.2, 0.25) is 11.9 Å². The maximum absolute atomic E-state index is 11.8. The molecule has 17 heavy (non-hydrogen) atoms. The Hall–Kier alpha value is -1.85. The standard InChI is InChI=1S/C11H17N5O/c1-7-6-13-11(12-2)15-9(7)14-8-4-5-16(3)10(8)17/h6,8H,4-5H2,1-3H3,(H2,12,13,14,15). The molecule has 1 atom stereocenters. The summed E-state index contributed by atoms with van der Waals surface area (Å²) in [7, 11) is 3.58. The van der Waals surface area contributed by atoms with Crippen LogP contribution in [-0.4, -0.2) is 47.5 Å². The molecule has 2 rings (SSSR count). The van der Waals surface area contributed by atoms with Crippen molar-refractivity contribution in [1.29, 1.82) is 0 Å². The summed E-state index contributed by atoms with van der Waals surface area (Å²) in [6.45, 7) is 2.71. The molecule has 2 N–H and O–H groups in total. The van der Waals surface area contributed by atoms with E-state index in [0.717, 1.165) is 24.3 Å². The zero-order valence-electron chi connectivity index (χ0n) is 10.3. The summed E-state index contributed by atoms with van der Waals surface area (Å²) in [5.41, 5.74) is 0.936. The maximum atomic E-state index is 11.8. The number of aryl methyl sites for hydroxylation is 1. The third kappa shape index (κ3) is 2.30. The van der Waals surface area contributed by atoms with Crippen LogP contribution in [0.15, 0.2) is 6.20 Å². The molecule has 1 saturated heterocycles. The summed E-state index contributed by atoms with van der Waals surface area (Å²) in [6, 6.07) is -0.168. The Morgan fingerprint density at radius 1 is 1.53 bits per heavy atom. The summed E-state index contributed by atoms with van der Waals surface area (Å²) in [5, 5.41) is 6.06. The average Bonchev–Trinajstić information content (AvgIpc) is 2.64. The second-order valence-corrected chi connectivity index (χ2v) is 4.22. The van der Waals surface area contributed by atoms with Gasteiger partial charge >= 0.3 is 0 Å². The smallest absolute Gasteiger partial charge is 0.244 e. The number of hydrogen-bond acceptors (Lipinski definition) is 5. The molecule has 2 heterocycles. The maximum Gasteiger partial charge on any atom is 0.244 e. The molecule has 0 spiro atoms. The lowest BCUT2D eigenvalue weighted by Gasteiger charge is -2.14. The lowest BCUT2D eigenvalue weighted by Crippen LogP contribution is -2.31. The number of carbonyl (C=O) groups excluding carboxylic acids is 1. The van der Waals surface area contributed by atoms with E-state index >= 15 is 0 Å². The molecule has 1 aliphatic rings. The Morgan fingerprint density at radius 2 is 2.29 bits per heavy atom. The van der Waals surface area contributed by atoms with Crippen LogP contribution in [0.25, 0.3) is 0 Å². The van der Waals surface area contributed by atoms with Gasteiger partial charge < -0.3 is 15.5 Å². The fourth-order valence-electron chi connectivity index (χ4n) is 1.83. The van der Waals surface area contributed by atoms with Crippen molar-refractivity contribution in [3.8, 4) is 0 Å². The van der Waals surface area contributed by atoms with Crippen LogP contribution >= 0.6 is 0 Å². The van der Waals surface area contributed by atoms with Gasteiger partial charge in [0, 0.05) is 32.4 Å². The van der Waals surface area contributed by atoms with Crippen LogP contribution in [0.2, 0.25) is 0 Å². The van der Waals surface area contributed by atoms with Gasteiger partial charge in [0.15, 0.2) is 0 Å². The first-order valence-electron chi connectivity index (χ1n) is 5.64. The molecule has 0 aromatic carbocycles. The Kier molecular flexibility index (Phi) is 3.12. The van der Waals surface area contributed by atoms with Gasteiger partial charge in [-0.25, -0.2) is 4.98 Å². The van der Waals surface area contributed by atoms with Gasteiger partial charge in [-0.2, -0.15) is 4.98 Å². The van der Waals surface area contributed by atoms with Gasteiger partial charge in [-0.1, -0.05) is 0 Å². The first kappa shape index (κ1) is 11.6. The van der Waals surface area contributed by atoms with Gasteiger partial charge in [-0.05, 0) is 13.3 Å². The Bertz CT molecular complexity index is 434. The highest BCUT2D eigenvalue weighted by Crippen LogP contribution is 2.18. The lowest BCUT2D eigenvalue weighted by molar-refractivity contribution is -0.127. The summed E-state index contributed by atoms with van der Waals surface area (Å²) < 4.78 is 0. The molecule has 1 amide bonds. The van der Waals surface area contributed by atoms with E-state index in [1.165, 1.54) is 0 Å². The predicted molar refractivity (Wildman–Crippen MR) is 66.0 cm³/mol. The summed E-state index contributed by atoms with van der Waals surface area (Å²) in [5.74, 6) is 1.39. The molecular formula is C11H17N5O. The van der Waals surface area contributed by atoms with E-state index < -0.39 is 0 Å². The van der Waals surface area contributed by atoms with E-state index in [0.29, 0.717) is 5.95 Å². The van der Waals surface area contributed by atoms with Gasteiger partial charge in [-0.3, -0.25) is 4.79 Å². The highest BCUT2D eigenvalue weighted by atomic mass is 16.2. The number of aromatic nitrogens is 2. The van der Waals surface area contributed by atoms with Gasteiger partial charge in [-0.15, -0.1) is 0 Å². The number of anilines is 2. The monoisotopic (exact) mass is 235 g/mol. The molecule has 0 radical (unpaired) electrons. The minimum atomic E-state index is -0.168. The van der Waals surface area contributed by atoms with Crippen molar-refractivity contribution in [3.63, 3.8) is 0 Å². The van der Waals surface area contributed by atoms with Crippen molar-refractivity contribution >= 4 is 17.7 Å². The fraction of sp³-hybridized carbons (Fsp3) is 0.545. The van der Waals surface area contributed by atoms with Crippen LogP contribution in [-0.2, 0) is 4.79 Å². The van der Waals surface area contributed by atoms with E-state index in [2.05, 4.69) is 20.6 Å². The number of carbonyl (C=O) groups is 1. The molecular weight excluding hydrogens is 218 g/mol. The highest BCUT2D eigenvalue weighted by molar-refractivity contribution is 5.86. The molecule has 6 heteroatoms. The number of nitrogens with one attached hydrogen (secondary N) is 2. The normalized spacial score (nSPS) is 19.6. The SMILES string of the molecule is CNc1ncc(C)c(NC2CCN(C)C2=O)n1. The van der Waals surface area contributed by atoms with Crippen LogP contribution in [0.3, 0.4) is 0 Å². The van der Waals surface area contributed by atoms with E-state index in [1.807, 2.05) is 14.0 Å². The average molecular weight is 235 g/mol. The first-order valence-corrected chi connectivity index (χ1v) is 5.64. The summed E-state index contributed by atoms with van der Waals surface area (Å²) in [4.78, 5) is 21.9. The summed E-state index contributed by atoms with van der Waals surface area (Å²) in [6.07, 6.45) is 2.55. The lowest BCUT2D eigenvalue weighted by atomic mass is 10.2. The van der Waals surface area contributed by atoms with Gasteiger partial charge in [0.25, 0.3) is 0 Å². The molecule has 0 aliphatic carbocycles. The van der Waals surface area contributed by atoms with Crippen molar-refractivity contribution in [1.82, 2.24) is 14.9 Å². The number of likely N-dealkylation sites (N-methyl/N-ethyl adjacent to an activating group) is 1. The predicted octanol–water partition coefficient (Wildman–Crippen LogP) is 0.469. The van der Waals surface area contributed by atoms with Crippen LogP contribution in [0.5, 0.6) is 0 Å². The first-order chi connectivity index (χ1) is 8.11. The molecule has 6 nitrogen and oxygen atoms in total. The third-order valence-corrected chi connectivity index (χ3v) is 2.93. The van der Waals surface area contributed by atoms with Crippen LogP contribution < -0.4 is 10.6 Å². The highest BCUT2D eigenvalue weighted by Gasteiger charge is 2.29. The summed E-state index contributed by atoms with van der Waals surface area (Å²) >= 11 is 0. The molecule has 1 aromatic rings. The van der Waals surface area contributed by atoms with Crippen molar-refractivity contribution in [2.45, 2.75) is 19.4 Å². The number of amides is 1. The Morgan fingerprint density at radius 3 is 2.88 bits per heavy atom. The molecule has 92 valence electrons. The van der Waals surface area contributed by atoms with Crippen molar-refractivity contribution in [3.05, 3.63) is 11.8 Å². The van der Waals surface area contributed by atoms with Crippen molar-refractivity contribution in [2.24, 2.45) is 0 Å².